The number of hydrogen-bond acceptors (Lipinski definition) is 4. The maximum atomic E-state index is 5.61. The highest BCUT2D eigenvalue weighted by atomic mass is 16.5. The Hall–Kier alpha value is -3.24. The minimum Gasteiger partial charge on any atom is -0.338 e. The van der Waals surface area contributed by atoms with Crippen LogP contribution in [0.5, 0.6) is 0 Å². The van der Waals surface area contributed by atoms with Gasteiger partial charge in [0.2, 0.25) is 5.89 Å². The summed E-state index contributed by atoms with van der Waals surface area (Å²) in [7, 11) is 2.08. The largest absolute Gasteiger partial charge is 0.338 e. The third-order valence-corrected chi connectivity index (χ3v) is 5.04. The predicted octanol–water partition coefficient (Wildman–Crippen LogP) is 4.92. The first kappa shape index (κ1) is 19.1. The van der Waals surface area contributed by atoms with Crippen molar-refractivity contribution in [2.45, 2.75) is 18.9 Å². The van der Waals surface area contributed by atoms with E-state index in [9.17, 15) is 0 Å². The van der Waals surface area contributed by atoms with Crippen molar-refractivity contribution in [2.75, 3.05) is 13.6 Å². The van der Waals surface area contributed by atoms with E-state index in [1.54, 1.807) is 0 Å². The summed E-state index contributed by atoms with van der Waals surface area (Å²) in [6, 6.07) is 31.2. The molecule has 0 spiro atoms. The van der Waals surface area contributed by atoms with Crippen molar-refractivity contribution in [1.29, 1.82) is 0 Å². The van der Waals surface area contributed by atoms with Gasteiger partial charge < -0.3 is 4.52 Å². The number of likely N-dealkylation sites (N-methyl/N-ethyl adjacent to an activating group) is 1. The number of hydrogen-bond donors (Lipinski definition) is 0. The zero-order valence-electron chi connectivity index (χ0n) is 16.6. The molecule has 0 fully saturated rings. The molecule has 0 radical (unpaired) electrons. The highest BCUT2D eigenvalue weighted by Crippen LogP contribution is 2.29. The molecule has 4 nitrogen and oxygen atoms in total. The first-order valence-corrected chi connectivity index (χ1v) is 9.94. The predicted molar refractivity (Wildman–Crippen MR) is 115 cm³/mol. The summed E-state index contributed by atoms with van der Waals surface area (Å²) >= 11 is 0. The van der Waals surface area contributed by atoms with Gasteiger partial charge in [-0.2, -0.15) is 4.98 Å². The average Bonchev–Trinajstić information content (AvgIpc) is 3.22. The number of benzene rings is 3. The van der Waals surface area contributed by atoms with Gasteiger partial charge in [-0.25, -0.2) is 0 Å². The lowest BCUT2D eigenvalue weighted by Crippen LogP contribution is -2.21. The zero-order chi connectivity index (χ0) is 19.9. The van der Waals surface area contributed by atoms with Gasteiger partial charge >= 0.3 is 0 Å². The summed E-state index contributed by atoms with van der Waals surface area (Å²) in [5.41, 5.74) is 3.64. The molecule has 0 aliphatic carbocycles. The number of rotatable bonds is 8. The van der Waals surface area contributed by atoms with E-state index < -0.39 is 0 Å². The van der Waals surface area contributed by atoms with Gasteiger partial charge in [-0.15, -0.1) is 0 Å². The summed E-state index contributed by atoms with van der Waals surface area (Å²) in [6.07, 6.45) is 0.995. The molecular formula is C25H25N3O. The van der Waals surface area contributed by atoms with Crippen molar-refractivity contribution in [3.8, 4) is 0 Å². The molecule has 0 amide bonds. The van der Waals surface area contributed by atoms with Gasteiger partial charge in [0.1, 0.15) is 0 Å². The molecule has 0 saturated heterocycles. The Morgan fingerprint density at radius 2 is 1.34 bits per heavy atom. The molecule has 4 aromatic rings. The van der Waals surface area contributed by atoms with E-state index in [4.69, 9.17) is 9.51 Å². The summed E-state index contributed by atoms with van der Waals surface area (Å²) < 4.78 is 5.61. The van der Waals surface area contributed by atoms with E-state index in [-0.39, 0.29) is 5.92 Å². The van der Waals surface area contributed by atoms with Crippen LogP contribution in [0.4, 0.5) is 0 Å². The number of nitrogens with zero attached hydrogens (tertiary/aromatic N) is 3. The van der Waals surface area contributed by atoms with E-state index in [0.29, 0.717) is 18.3 Å². The second-order valence-corrected chi connectivity index (χ2v) is 7.27. The van der Waals surface area contributed by atoms with Crippen LogP contribution in [0.1, 0.15) is 34.3 Å². The molecule has 1 aromatic heterocycles. The van der Waals surface area contributed by atoms with Crippen LogP contribution in [0.15, 0.2) is 95.5 Å². The van der Waals surface area contributed by atoms with Crippen molar-refractivity contribution in [3.63, 3.8) is 0 Å². The third-order valence-electron chi connectivity index (χ3n) is 5.04. The molecule has 0 bridgehead atoms. The van der Waals surface area contributed by atoms with Crippen molar-refractivity contribution in [3.05, 3.63) is 119 Å². The maximum absolute atomic E-state index is 5.61. The molecule has 0 atom stereocenters. The fourth-order valence-corrected chi connectivity index (χ4v) is 3.51. The Morgan fingerprint density at radius 3 is 1.93 bits per heavy atom. The molecule has 29 heavy (non-hydrogen) atoms. The molecule has 0 saturated carbocycles. The minimum absolute atomic E-state index is 0.0375. The Kier molecular flexibility index (Phi) is 6.13. The van der Waals surface area contributed by atoms with Crippen LogP contribution in [-0.4, -0.2) is 28.6 Å². The van der Waals surface area contributed by atoms with Gasteiger partial charge in [-0.1, -0.05) is 96.2 Å². The number of aromatic nitrogens is 2. The van der Waals surface area contributed by atoms with Crippen molar-refractivity contribution >= 4 is 0 Å². The SMILES string of the molecule is CN(CCc1ccccc1)Cc1nc(C(c2ccccc2)c2ccccc2)no1. The summed E-state index contributed by atoms with van der Waals surface area (Å²) in [5, 5.41) is 4.33. The first-order chi connectivity index (χ1) is 14.3. The van der Waals surface area contributed by atoms with Gasteiger partial charge in [-0.05, 0) is 30.2 Å². The van der Waals surface area contributed by atoms with Gasteiger partial charge in [0, 0.05) is 6.54 Å². The molecule has 146 valence electrons. The molecular weight excluding hydrogens is 358 g/mol. The molecule has 4 rings (SSSR count). The van der Waals surface area contributed by atoms with Crippen LogP contribution in [0.3, 0.4) is 0 Å². The van der Waals surface area contributed by atoms with Crippen LogP contribution in [0.2, 0.25) is 0 Å². The minimum atomic E-state index is -0.0375. The Morgan fingerprint density at radius 1 is 0.793 bits per heavy atom. The Bertz CT molecular complexity index is 960. The molecule has 0 N–H and O–H groups in total. The summed E-state index contributed by atoms with van der Waals surface area (Å²) in [5.74, 6) is 1.31. The van der Waals surface area contributed by atoms with Gasteiger partial charge in [0.15, 0.2) is 5.82 Å². The van der Waals surface area contributed by atoms with Crippen molar-refractivity contribution < 1.29 is 4.52 Å². The Labute approximate surface area is 171 Å². The molecule has 0 unspecified atom stereocenters. The van der Waals surface area contributed by atoms with Gasteiger partial charge in [0.05, 0.1) is 12.5 Å². The van der Waals surface area contributed by atoms with Gasteiger partial charge in [0.25, 0.3) is 0 Å². The fraction of sp³-hybridized carbons (Fsp3) is 0.200. The maximum Gasteiger partial charge on any atom is 0.240 e. The highest BCUT2D eigenvalue weighted by molar-refractivity contribution is 5.37. The third kappa shape index (κ3) is 4.98. The second kappa shape index (κ2) is 9.30. The van der Waals surface area contributed by atoms with E-state index >= 15 is 0 Å². The topological polar surface area (TPSA) is 42.2 Å². The summed E-state index contributed by atoms with van der Waals surface area (Å²) in [6.45, 7) is 1.57. The van der Waals surface area contributed by atoms with Crippen LogP contribution in [-0.2, 0) is 13.0 Å². The van der Waals surface area contributed by atoms with Gasteiger partial charge in [-0.3, -0.25) is 4.90 Å². The molecule has 3 aromatic carbocycles. The highest BCUT2D eigenvalue weighted by Gasteiger charge is 2.22. The van der Waals surface area contributed by atoms with E-state index in [0.717, 1.165) is 24.1 Å². The van der Waals surface area contributed by atoms with Crippen molar-refractivity contribution in [1.82, 2.24) is 15.0 Å². The van der Waals surface area contributed by atoms with Crippen LogP contribution >= 0.6 is 0 Å². The van der Waals surface area contributed by atoms with Crippen molar-refractivity contribution in [2.24, 2.45) is 0 Å². The van der Waals surface area contributed by atoms with Crippen LogP contribution in [0, 0.1) is 0 Å². The molecule has 0 aliphatic heterocycles. The van der Waals surface area contributed by atoms with E-state index in [1.165, 1.54) is 5.56 Å². The van der Waals surface area contributed by atoms with Crippen LogP contribution in [0.25, 0.3) is 0 Å². The zero-order valence-corrected chi connectivity index (χ0v) is 16.6. The molecule has 1 heterocycles. The normalized spacial score (nSPS) is 11.3. The molecule has 0 aliphatic rings. The van der Waals surface area contributed by atoms with E-state index in [2.05, 4.69) is 65.6 Å². The lowest BCUT2D eigenvalue weighted by molar-refractivity contribution is 0.268. The van der Waals surface area contributed by atoms with Crippen LogP contribution < -0.4 is 0 Å². The first-order valence-electron chi connectivity index (χ1n) is 9.94. The standard InChI is InChI=1S/C25H25N3O/c1-28(18-17-20-11-5-2-6-12-20)19-23-26-25(27-29-23)24(21-13-7-3-8-14-21)22-15-9-4-10-16-22/h2-16,24H,17-19H2,1H3. The average molecular weight is 383 g/mol. The monoisotopic (exact) mass is 383 g/mol. The smallest absolute Gasteiger partial charge is 0.240 e. The lowest BCUT2D eigenvalue weighted by Gasteiger charge is -2.15. The molecule has 4 heteroatoms. The fourth-order valence-electron chi connectivity index (χ4n) is 3.51. The summed E-state index contributed by atoms with van der Waals surface area (Å²) in [4.78, 5) is 6.95. The quantitative estimate of drug-likeness (QED) is 0.433. The van der Waals surface area contributed by atoms with E-state index in [1.807, 2.05) is 42.5 Å². The second-order valence-electron chi connectivity index (χ2n) is 7.27. The Balaban J connectivity index is 1.48. The lowest BCUT2D eigenvalue weighted by atomic mass is 9.91.